The van der Waals surface area contributed by atoms with Crippen LogP contribution in [0.3, 0.4) is 0 Å². The minimum absolute atomic E-state index is 0.0203. The summed E-state index contributed by atoms with van der Waals surface area (Å²) < 4.78 is 10.5. The Balaban J connectivity index is 1.55. The molecule has 0 radical (unpaired) electrons. The summed E-state index contributed by atoms with van der Waals surface area (Å²) >= 11 is 0. The van der Waals surface area contributed by atoms with Crippen LogP contribution in [-0.2, 0) is 16.0 Å². The van der Waals surface area contributed by atoms with Crippen LogP contribution in [0.4, 0.5) is 0 Å². The number of rotatable bonds is 7. The Morgan fingerprint density at radius 3 is 2.74 bits per heavy atom. The molecule has 1 N–H and O–H groups in total. The van der Waals surface area contributed by atoms with Crippen LogP contribution in [0.5, 0.6) is 11.5 Å². The van der Waals surface area contributed by atoms with Crippen LogP contribution in [0.1, 0.15) is 37.7 Å². The maximum absolute atomic E-state index is 12.5. The molecule has 1 fully saturated rings. The normalized spacial score (nSPS) is 19.1. The molecule has 6 nitrogen and oxygen atoms in total. The lowest BCUT2D eigenvalue weighted by molar-refractivity contribution is -0.127. The average Bonchev–Trinajstić information content (AvgIpc) is 2.93. The highest BCUT2D eigenvalue weighted by Crippen LogP contribution is 2.36. The lowest BCUT2D eigenvalue weighted by atomic mass is 9.88. The van der Waals surface area contributed by atoms with Crippen molar-refractivity contribution < 1.29 is 19.1 Å². The summed E-state index contributed by atoms with van der Waals surface area (Å²) in [6.07, 6.45) is 5.08. The molecule has 1 aromatic carbocycles. The minimum Gasteiger partial charge on any atom is -0.493 e. The van der Waals surface area contributed by atoms with Crippen LogP contribution in [-0.4, -0.2) is 50.6 Å². The molecule has 1 unspecified atom stereocenters. The summed E-state index contributed by atoms with van der Waals surface area (Å²) in [7, 11) is 5.05. The van der Waals surface area contributed by atoms with Crippen LogP contribution < -0.4 is 14.8 Å². The first-order valence-electron chi connectivity index (χ1n) is 9.51. The number of methoxy groups -OCH3 is 2. The maximum atomic E-state index is 12.5. The van der Waals surface area contributed by atoms with Gasteiger partial charge >= 0.3 is 0 Å². The second-order valence-electron chi connectivity index (χ2n) is 7.15. The molecular formula is C21H28N2O4. The van der Waals surface area contributed by atoms with Crippen LogP contribution in [0, 0.1) is 0 Å². The van der Waals surface area contributed by atoms with Gasteiger partial charge in [0.05, 0.1) is 26.7 Å². The quantitative estimate of drug-likeness (QED) is 0.798. The van der Waals surface area contributed by atoms with E-state index in [1.807, 2.05) is 25.2 Å². The van der Waals surface area contributed by atoms with Gasteiger partial charge in [-0.3, -0.25) is 9.59 Å². The summed E-state index contributed by atoms with van der Waals surface area (Å²) in [5, 5.41) is 2.94. The molecular weight excluding hydrogens is 344 g/mol. The third-order valence-corrected chi connectivity index (χ3v) is 5.53. The first-order chi connectivity index (χ1) is 13.0. The van der Waals surface area contributed by atoms with Gasteiger partial charge in [-0.15, -0.1) is 0 Å². The maximum Gasteiger partial charge on any atom is 0.250 e. The fraction of sp³-hybridized carbons (Fsp3) is 0.524. The van der Waals surface area contributed by atoms with Crippen molar-refractivity contribution >= 4 is 11.8 Å². The molecule has 146 valence electrons. The van der Waals surface area contributed by atoms with Gasteiger partial charge in [0.1, 0.15) is 0 Å². The van der Waals surface area contributed by atoms with Gasteiger partial charge in [-0.1, -0.05) is 12.5 Å². The second-order valence-corrected chi connectivity index (χ2v) is 7.15. The van der Waals surface area contributed by atoms with Crippen LogP contribution >= 0.6 is 0 Å². The summed E-state index contributed by atoms with van der Waals surface area (Å²) in [5.74, 6) is 1.29. The van der Waals surface area contributed by atoms with E-state index in [0.717, 1.165) is 31.2 Å². The lowest BCUT2D eigenvalue weighted by Gasteiger charge is -2.26. The number of carbonyl (C=O) groups excluding carboxylic acids is 2. The van der Waals surface area contributed by atoms with Crippen molar-refractivity contribution in [2.45, 2.75) is 44.6 Å². The number of likely N-dealkylation sites (N-methyl/N-ethyl adjacent to an activating group) is 1. The Labute approximate surface area is 160 Å². The number of ether oxygens (including phenoxy) is 2. The first-order valence-corrected chi connectivity index (χ1v) is 9.51. The van der Waals surface area contributed by atoms with Crippen molar-refractivity contribution in [3.8, 4) is 11.5 Å². The molecule has 2 amide bonds. The van der Waals surface area contributed by atoms with Gasteiger partial charge < -0.3 is 19.7 Å². The first kappa shape index (κ1) is 19.3. The molecule has 0 spiro atoms. The van der Waals surface area contributed by atoms with E-state index in [1.165, 1.54) is 5.57 Å². The number of hydrogen-bond donors (Lipinski definition) is 1. The predicted molar refractivity (Wildman–Crippen MR) is 103 cm³/mol. The minimum atomic E-state index is -0.0917. The Morgan fingerprint density at radius 1 is 1.22 bits per heavy atom. The van der Waals surface area contributed by atoms with Gasteiger partial charge in [0.2, 0.25) is 5.91 Å². The van der Waals surface area contributed by atoms with E-state index in [4.69, 9.17) is 9.47 Å². The molecule has 1 aliphatic heterocycles. The number of amides is 2. The zero-order chi connectivity index (χ0) is 19.4. The number of benzene rings is 1. The highest BCUT2D eigenvalue weighted by molar-refractivity contribution is 6.02. The van der Waals surface area contributed by atoms with Gasteiger partial charge in [0, 0.05) is 19.2 Å². The van der Waals surface area contributed by atoms with Crippen molar-refractivity contribution in [3.63, 3.8) is 0 Å². The summed E-state index contributed by atoms with van der Waals surface area (Å²) in [6.45, 7) is 0.518. The molecule has 1 atom stereocenters. The number of nitrogens with zero attached hydrogens (tertiary/aromatic N) is 1. The van der Waals surface area contributed by atoms with E-state index in [2.05, 4.69) is 5.32 Å². The monoisotopic (exact) mass is 372 g/mol. The Kier molecular flexibility index (Phi) is 6.04. The predicted octanol–water partition coefficient (Wildman–Crippen LogP) is 2.46. The molecule has 3 rings (SSSR count). The molecule has 6 heteroatoms. The summed E-state index contributed by atoms with van der Waals surface area (Å²) in [5.41, 5.74) is 2.95. The van der Waals surface area contributed by atoms with Gasteiger partial charge in [0.25, 0.3) is 5.91 Å². The van der Waals surface area contributed by atoms with Crippen molar-refractivity contribution in [2.24, 2.45) is 0 Å². The van der Waals surface area contributed by atoms with E-state index in [1.54, 1.807) is 19.1 Å². The number of hydrogen-bond acceptors (Lipinski definition) is 4. The van der Waals surface area contributed by atoms with Gasteiger partial charge in [-0.2, -0.15) is 0 Å². The molecule has 1 aliphatic carbocycles. The van der Waals surface area contributed by atoms with Crippen LogP contribution in [0.15, 0.2) is 29.3 Å². The molecule has 0 bridgehead atoms. The van der Waals surface area contributed by atoms with E-state index < -0.39 is 0 Å². The SMILES string of the molecule is COc1ccc(CCNC(=O)CC2=C3CCCCC3N(C)C2=O)cc1OC. The molecule has 27 heavy (non-hydrogen) atoms. The standard InChI is InChI=1S/C21H28N2O4/c1-23-17-7-5-4-6-15(17)16(21(23)25)13-20(24)22-11-10-14-8-9-18(26-2)19(12-14)27-3/h8-9,12,17H,4-7,10-11,13H2,1-3H3,(H,22,24). The Morgan fingerprint density at radius 2 is 2.00 bits per heavy atom. The van der Waals surface area contributed by atoms with Gasteiger partial charge in [-0.05, 0) is 49.0 Å². The van der Waals surface area contributed by atoms with Crippen LogP contribution in [0.2, 0.25) is 0 Å². The highest BCUT2D eigenvalue weighted by Gasteiger charge is 2.38. The third kappa shape index (κ3) is 4.10. The van der Waals surface area contributed by atoms with E-state index in [9.17, 15) is 9.59 Å². The van der Waals surface area contributed by atoms with Crippen LogP contribution in [0.25, 0.3) is 0 Å². The smallest absolute Gasteiger partial charge is 0.250 e. The molecule has 2 aliphatic rings. The number of carbonyl (C=O) groups is 2. The van der Waals surface area contributed by atoms with Crippen molar-refractivity contribution in [3.05, 3.63) is 34.9 Å². The molecule has 1 saturated carbocycles. The average molecular weight is 372 g/mol. The van der Waals surface area contributed by atoms with E-state index in [0.29, 0.717) is 30.0 Å². The van der Waals surface area contributed by atoms with Crippen molar-refractivity contribution in [2.75, 3.05) is 27.8 Å². The fourth-order valence-corrected chi connectivity index (χ4v) is 4.06. The third-order valence-electron chi connectivity index (χ3n) is 5.53. The summed E-state index contributed by atoms with van der Waals surface area (Å²) in [6, 6.07) is 5.94. The lowest BCUT2D eigenvalue weighted by Crippen LogP contribution is -2.33. The van der Waals surface area contributed by atoms with E-state index >= 15 is 0 Å². The molecule has 0 saturated heterocycles. The summed E-state index contributed by atoms with van der Waals surface area (Å²) in [4.78, 5) is 26.7. The van der Waals surface area contributed by atoms with E-state index in [-0.39, 0.29) is 24.3 Å². The zero-order valence-corrected chi connectivity index (χ0v) is 16.3. The Hall–Kier alpha value is -2.50. The molecule has 1 aromatic rings. The topological polar surface area (TPSA) is 67.9 Å². The fourth-order valence-electron chi connectivity index (χ4n) is 4.06. The number of nitrogens with one attached hydrogen (secondary N) is 1. The van der Waals surface area contributed by atoms with Crippen molar-refractivity contribution in [1.82, 2.24) is 10.2 Å². The largest absolute Gasteiger partial charge is 0.493 e. The highest BCUT2D eigenvalue weighted by atomic mass is 16.5. The molecule has 1 heterocycles. The second kappa shape index (κ2) is 8.46. The van der Waals surface area contributed by atoms with Gasteiger partial charge in [0.15, 0.2) is 11.5 Å². The Bertz CT molecular complexity index is 757. The van der Waals surface area contributed by atoms with Gasteiger partial charge in [-0.25, -0.2) is 0 Å². The zero-order valence-electron chi connectivity index (χ0n) is 16.3. The number of fused-ring (bicyclic) bond motifs is 1. The molecule has 0 aromatic heterocycles. The van der Waals surface area contributed by atoms with Crippen molar-refractivity contribution in [1.29, 1.82) is 0 Å².